The van der Waals surface area contributed by atoms with E-state index in [-0.39, 0.29) is 5.75 Å². The van der Waals surface area contributed by atoms with Gasteiger partial charge in [0.2, 0.25) is 0 Å². The van der Waals surface area contributed by atoms with E-state index in [2.05, 4.69) is 6.92 Å². The van der Waals surface area contributed by atoms with Crippen molar-refractivity contribution in [3.8, 4) is 5.75 Å². The molecular formula is C18H23ClNO3+. The summed E-state index contributed by atoms with van der Waals surface area (Å²) in [4.78, 5) is 13.2. The number of likely N-dealkylation sites (tertiary alicyclic amines) is 1. The van der Waals surface area contributed by atoms with Gasteiger partial charge in [-0.2, -0.15) is 0 Å². The van der Waals surface area contributed by atoms with Gasteiger partial charge < -0.3 is 14.4 Å². The molecule has 0 aliphatic carbocycles. The summed E-state index contributed by atoms with van der Waals surface area (Å²) in [5.41, 5.74) is 1.56. The van der Waals surface area contributed by atoms with E-state index in [1.165, 1.54) is 30.2 Å². The lowest BCUT2D eigenvalue weighted by atomic mass is 9.98. The summed E-state index contributed by atoms with van der Waals surface area (Å²) in [6, 6.07) is 3.72. The molecule has 1 saturated heterocycles. The fraction of sp³-hybridized carbons (Fsp3) is 0.500. The Hall–Kier alpha value is -1.52. The van der Waals surface area contributed by atoms with Gasteiger partial charge in [0.05, 0.1) is 23.2 Å². The van der Waals surface area contributed by atoms with Crippen molar-refractivity contribution in [3.05, 3.63) is 38.7 Å². The van der Waals surface area contributed by atoms with Crippen LogP contribution >= 0.6 is 11.6 Å². The third kappa shape index (κ3) is 3.10. The highest BCUT2D eigenvalue weighted by atomic mass is 35.5. The summed E-state index contributed by atoms with van der Waals surface area (Å²) in [7, 11) is 0. The minimum atomic E-state index is -0.390. The maximum atomic E-state index is 11.8. The highest BCUT2D eigenvalue weighted by Gasteiger charge is 2.27. The van der Waals surface area contributed by atoms with E-state index in [0.717, 1.165) is 23.9 Å². The largest absolute Gasteiger partial charge is 0.506 e. The Bertz CT molecular complexity index is 784. The normalized spacial score (nSPS) is 21.7. The number of phenols is 1. The Kier molecular flexibility index (Phi) is 4.64. The maximum Gasteiger partial charge on any atom is 0.336 e. The molecule has 1 fully saturated rings. The summed E-state index contributed by atoms with van der Waals surface area (Å²) >= 11 is 6.21. The van der Waals surface area contributed by atoms with E-state index < -0.39 is 5.63 Å². The standard InChI is InChI=1S/C18H22ClNO3/c1-3-12-6-4-5-7-20(12)10-14-17(22)15(19)9-13-11(2)8-16(21)23-18(13)14/h8-9,12,22H,3-7,10H2,1-2H3/p+1. The second-order valence-electron chi connectivity index (χ2n) is 6.50. The van der Waals surface area contributed by atoms with Gasteiger partial charge in [-0.3, -0.25) is 0 Å². The molecule has 2 unspecified atom stereocenters. The van der Waals surface area contributed by atoms with Crippen LogP contribution in [0.2, 0.25) is 5.02 Å². The second-order valence-corrected chi connectivity index (χ2v) is 6.90. The lowest BCUT2D eigenvalue weighted by Gasteiger charge is -2.32. The first kappa shape index (κ1) is 16.3. The molecule has 4 nitrogen and oxygen atoms in total. The number of benzene rings is 1. The van der Waals surface area contributed by atoms with E-state index in [9.17, 15) is 9.90 Å². The quantitative estimate of drug-likeness (QED) is 0.847. The number of hydrogen-bond donors (Lipinski definition) is 2. The molecule has 3 rings (SSSR count). The molecule has 1 aliphatic heterocycles. The zero-order valence-electron chi connectivity index (χ0n) is 13.6. The molecular weight excluding hydrogens is 314 g/mol. The van der Waals surface area contributed by atoms with Crippen LogP contribution in [0.15, 0.2) is 21.3 Å². The molecule has 5 heteroatoms. The first-order valence-corrected chi connectivity index (χ1v) is 8.68. The molecule has 1 aromatic heterocycles. The van der Waals surface area contributed by atoms with Crippen molar-refractivity contribution in [3.63, 3.8) is 0 Å². The third-order valence-electron chi connectivity index (χ3n) is 5.04. The van der Waals surface area contributed by atoms with Crippen molar-refractivity contribution in [2.24, 2.45) is 0 Å². The molecule has 0 radical (unpaired) electrons. The molecule has 1 aromatic carbocycles. The van der Waals surface area contributed by atoms with Crippen LogP contribution in [-0.4, -0.2) is 17.7 Å². The van der Waals surface area contributed by atoms with Crippen molar-refractivity contribution in [1.29, 1.82) is 0 Å². The van der Waals surface area contributed by atoms with E-state index in [4.69, 9.17) is 16.0 Å². The summed E-state index contributed by atoms with van der Waals surface area (Å²) < 4.78 is 5.43. The topological polar surface area (TPSA) is 54.9 Å². The molecule has 0 amide bonds. The smallest absolute Gasteiger partial charge is 0.336 e. The third-order valence-corrected chi connectivity index (χ3v) is 5.33. The number of quaternary nitrogens is 1. The zero-order valence-corrected chi connectivity index (χ0v) is 14.4. The van der Waals surface area contributed by atoms with Crippen molar-refractivity contribution in [1.82, 2.24) is 0 Å². The molecule has 2 heterocycles. The highest BCUT2D eigenvalue weighted by Crippen LogP contribution is 2.35. The van der Waals surface area contributed by atoms with Gasteiger partial charge in [-0.05, 0) is 44.2 Å². The van der Waals surface area contributed by atoms with Crippen LogP contribution < -0.4 is 10.5 Å². The molecule has 1 aliphatic rings. The summed E-state index contributed by atoms with van der Waals surface area (Å²) in [6.07, 6.45) is 4.76. The Morgan fingerprint density at radius 2 is 2.17 bits per heavy atom. The molecule has 2 N–H and O–H groups in total. The first-order chi connectivity index (χ1) is 11.0. The van der Waals surface area contributed by atoms with Crippen LogP contribution in [0.5, 0.6) is 5.75 Å². The maximum absolute atomic E-state index is 11.8. The van der Waals surface area contributed by atoms with Crippen LogP contribution in [0, 0.1) is 6.92 Å². The van der Waals surface area contributed by atoms with Gasteiger partial charge in [0, 0.05) is 11.5 Å². The zero-order chi connectivity index (χ0) is 16.6. The molecule has 0 saturated carbocycles. The Labute approximate surface area is 140 Å². The average molecular weight is 337 g/mol. The minimum Gasteiger partial charge on any atom is -0.506 e. The highest BCUT2D eigenvalue weighted by molar-refractivity contribution is 6.33. The number of rotatable bonds is 3. The number of halogens is 1. The van der Waals surface area contributed by atoms with E-state index >= 15 is 0 Å². The molecule has 23 heavy (non-hydrogen) atoms. The Morgan fingerprint density at radius 3 is 2.91 bits per heavy atom. The summed E-state index contributed by atoms with van der Waals surface area (Å²) in [5, 5.41) is 11.6. The van der Waals surface area contributed by atoms with Gasteiger partial charge in [0.1, 0.15) is 12.3 Å². The van der Waals surface area contributed by atoms with E-state index in [1.807, 2.05) is 6.92 Å². The van der Waals surface area contributed by atoms with Crippen molar-refractivity contribution >= 4 is 22.6 Å². The number of fused-ring (bicyclic) bond motifs is 1. The fourth-order valence-electron chi connectivity index (χ4n) is 3.74. The average Bonchev–Trinajstić information content (AvgIpc) is 2.53. The van der Waals surface area contributed by atoms with Crippen LogP contribution in [0.3, 0.4) is 0 Å². The Balaban J connectivity index is 2.12. The first-order valence-electron chi connectivity index (χ1n) is 8.30. The molecule has 0 bridgehead atoms. The SMILES string of the molecule is CCC1CCCC[NH+]1Cc1c(O)c(Cl)cc2c(C)cc(=O)oc12. The van der Waals surface area contributed by atoms with Gasteiger partial charge in [-0.15, -0.1) is 0 Å². The minimum absolute atomic E-state index is 0.0424. The molecule has 2 atom stereocenters. The van der Waals surface area contributed by atoms with Crippen LogP contribution in [0.1, 0.15) is 43.7 Å². The summed E-state index contributed by atoms with van der Waals surface area (Å²) in [6.45, 7) is 5.77. The fourth-order valence-corrected chi connectivity index (χ4v) is 3.96. The lowest BCUT2D eigenvalue weighted by Crippen LogP contribution is -3.15. The van der Waals surface area contributed by atoms with Gasteiger partial charge >= 0.3 is 5.63 Å². The number of piperidine rings is 1. The molecule has 0 spiro atoms. The second kappa shape index (κ2) is 6.54. The van der Waals surface area contributed by atoms with Crippen LogP contribution in [-0.2, 0) is 6.54 Å². The van der Waals surface area contributed by atoms with Crippen molar-refractivity contribution in [2.45, 2.75) is 52.1 Å². The Morgan fingerprint density at radius 1 is 1.39 bits per heavy atom. The van der Waals surface area contributed by atoms with Crippen molar-refractivity contribution < 1.29 is 14.4 Å². The van der Waals surface area contributed by atoms with Crippen LogP contribution in [0.4, 0.5) is 0 Å². The van der Waals surface area contributed by atoms with Gasteiger partial charge in [0.15, 0.2) is 5.58 Å². The number of phenolic OH excluding ortho intramolecular Hbond substituents is 1. The van der Waals surface area contributed by atoms with Crippen molar-refractivity contribution in [2.75, 3.05) is 6.54 Å². The molecule has 2 aromatic rings. The molecule has 124 valence electrons. The van der Waals surface area contributed by atoms with Gasteiger partial charge in [0.25, 0.3) is 0 Å². The number of nitrogens with one attached hydrogen (secondary N) is 1. The predicted octanol–water partition coefficient (Wildman–Crippen LogP) is 2.81. The number of aromatic hydroxyl groups is 1. The van der Waals surface area contributed by atoms with Gasteiger partial charge in [-0.25, -0.2) is 4.79 Å². The van der Waals surface area contributed by atoms with Crippen LogP contribution in [0.25, 0.3) is 11.0 Å². The monoisotopic (exact) mass is 336 g/mol. The van der Waals surface area contributed by atoms with Gasteiger partial charge in [-0.1, -0.05) is 18.5 Å². The number of hydrogen-bond acceptors (Lipinski definition) is 3. The predicted molar refractivity (Wildman–Crippen MR) is 91.4 cm³/mol. The van der Waals surface area contributed by atoms with E-state index in [0.29, 0.717) is 28.8 Å². The lowest BCUT2D eigenvalue weighted by molar-refractivity contribution is -0.944. The summed E-state index contributed by atoms with van der Waals surface area (Å²) in [5.74, 6) is 0.0424. The number of aryl methyl sites for hydroxylation is 1. The van der Waals surface area contributed by atoms with E-state index in [1.54, 1.807) is 6.07 Å².